The molecule has 0 atom stereocenters. The van der Waals surface area contributed by atoms with E-state index in [9.17, 15) is 9.59 Å². The minimum atomic E-state index is -0.624. The summed E-state index contributed by atoms with van der Waals surface area (Å²) in [4.78, 5) is 30.5. The molecule has 0 fully saturated rings. The molecule has 0 bridgehead atoms. The average Bonchev–Trinajstić information content (AvgIpc) is 3.26. The number of nitrogens with zero attached hydrogens (tertiary/aromatic N) is 1. The van der Waals surface area contributed by atoms with Crippen LogP contribution in [0.2, 0.25) is 0 Å². The maximum Gasteiger partial charge on any atom is 0.408 e. The van der Waals surface area contributed by atoms with E-state index in [1.54, 1.807) is 26.8 Å². The molecule has 34 heavy (non-hydrogen) atoms. The molecule has 2 amide bonds. The number of aromatic nitrogens is 2. The molecule has 2 heterocycles. The smallest absolute Gasteiger partial charge is 0.408 e. The normalized spacial score (nSPS) is 10.6. The second-order valence-electron chi connectivity index (χ2n) is 8.34. The summed E-state index contributed by atoms with van der Waals surface area (Å²) in [6, 6.07) is 11.4. The third kappa shape index (κ3) is 9.55. The molecule has 3 aromatic rings. The third-order valence-corrected chi connectivity index (χ3v) is 4.48. The first-order valence-corrected chi connectivity index (χ1v) is 11.3. The van der Waals surface area contributed by atoms with Gasteiger partial charge in [-0.15, -0.1) is 0 Å². The Bertz CT molecular complexity index is 1090. The van der Waals surface area contributed by atoms with Crippen LogP contribution in [0.5, 0.6) is 0 Å². The summed E-state index contributed by atoms with van der Waals surface area (Å²) in [6.07, 6.45) is 3.11. The van der Waals surface area contributed by atoms with Gasteiger partial charge in [-0.05, 0) is 63.2 Å². The highest BCUT2D eigenvalue weighted by molar-refractivity contribution is 7.78. The van der Waals surface area contributed by atoms with Crippen LogP contribution >= 0.6 is 12.2 Å². The van der Waals surface area contributed by atoms with Crippen molar-refractivity contribution in [1.82, 2.24) is 25.9 Å². The molecule has 2 aromatic heterocycles. The zero-order valence-electron chi connectivity index (χ0n) is 19.9. The number of rotatable bonds is 8. The molecular weight excluding hydrogens is 452 g/mol. The molecule has 182 valence electrons. The summed E-state index contributed by atoms with van der Waals surface area (Å²) in [6.45, 7) is 6.59. The van der Waals surface area contributed by atoms with Crippen LogP contribution in [0.25, 0.3) is 11.0 Å². The van der Waals surface area contributed by atoms with Gasteiger partial charge in [0, 0.05) is 36.6 Å². The number of carbonyl (C=O) groups is 2. The van der Waals surface area contributed by atoms with Crippen molar-refractivity contribution in [2.45, 2.75) is 39.5 Å². The molecule has 0 aliphatic heterocycles. The van der Waals surface area contributed by atoms with Crippen molar-refractivity contribution >= 4 is 46.4 Å². The van der Waals surface area contributed by atoms with Crippen molar-refractivity contribution in [1.29, 1.82) is 0 Å². The average molecular weight is 485 g/mol. The van der Waals surface area contributed by atoms with E-state index in [2.05, 4.69) is 37.3 Å². The molecule has 10 heteroatoms. The fraction of sp³-hybridized carbons (Fsp3) is 0.333. The van der Waals surface area contributed by atoms with Crippen molar-refractivity contribution in [2.24, 2.45) is 0 Å². The molecule has 0 radical (unpaired) electrons. The van der Waals surface area contributed by atoms with Crippen molar-refractivity contribution in [3.05, 3.63) is 59.9 Å². The Hall–Kier alpha value is -3.50. The van der Waals surface area contributed by atoms with Gasteiger partial charge in [0.05, 0.1) is 5.49 Å². The Kier molecular flexibility index (Phi) is 10.4. The van der Waals surface area contributed by atoms with E-state index in [0.29, 0.717) is 12.2 Å². The van der Waals surface area contributed by atoms with Crippen LogP contribution in [0.4, 0.5) is 10.5 Å². The SMILES string of the molecule is CC(C)(C)OC(=O)NCC(=O)Nc1cccc(CNC=S)c1.CNCc1ccnc2[nH]ccc12. The van der Waals surface area contributed by atoms with Gasteiger partial charge in [-0.25, -0.2) is 9.78 Å². The summed E-state index contributed by atoms with van der Waals surface area (Å²) < 4.78 is 5.05. The van der Waals surface area contributed by atoms with Crippen molar-refractivity contribution in [3.63, 3.8) is 0 Å². The lowest BCUT2D eigenvalue weighted by atomic mass is 10.2. The Balaban J connectivity index is 0.000000283. The molecule has 5 N–H and O–H groups in total. The molecule has 0 spiro atoms. The molecule has 0 aliphatic rings. The Morgan fingerprint density at radius 2 is 1.97 bits per heavy atom. The van der Waals surface area contributed by atoms with Crippen LogP contribution in [0.15, 0.2) is 48.8 Å². The molecule has 0 unspecified atom stereocenters. The number of hydrogen-bond acceptors (Lipinski definition) is 6. The third-order valence-electron chi connectivity index (χ3n) is 4.31. The predicted octanol–water partition coefficient (Wildman–Crippen LogP) is 3.48. The lowest BCUT2D eigenvalue weighted by Crippen LogP contribution is -2.37. The lowest BCUT2D eigenvalue weighted by molar-refractivity contribution is -0.115. The quantitative estimate of drug-likeness (QED) is 0.311. The zero-order valence-corrected chi connectivity index (χ0v) is 20.7. The van der Waals surface area contributed by atoms with Gasteiger partial charge in [0.25, 0.3) is 0 Å². The summed E-state index contributed by atoms with van der Waals surface area (Å²) in [5.74, 6) is -0.328. The number of anilines is 1. The van der Waals surface area contributed by atoms with E-state index in [-0.39, 0.29) is 12.5 Å². The number of carbonyl (C=O) groups excluding carboxylic acids is 2. The zero-order chi connectivity index (χ0) is 25.0. The van der Waals surface area contributed by atoms with Gasteiger partial charge in [0.2, 0.25) is 5.91 Å². The topological polar surface area (TPSA) is 120 Å². The van der Waals surface area contributed by atoms with E-state index in [0.717, 1.165) is 17.8 Å². The highest BCUT2D eigenvalue weighted by Gasteiger charge is 2.16. The number of pyridine rings is 1. The van der Waals surface area contributed by atoms with Gasteiger partial charge in [-0.3, -0.25) is 4.79 Å². The lowest BCUT2D eigenvalue weighted by Gasteiger charge is -2.19. The van der Waals surface area contributed by atoms with Gasteiger partial charge in [-0.2, -0.15) is 0 Å². The number of nitrogens with one attached hydrogen (secondary N) is 5. The Morgan fingerprint density at radius 1 is 1.18 bits per heavy atom. The van der Waals surface area contributed by atoms with Crippen LogP contribution in [0.3, 0.4) is 0 Å². The van der Waals surface area contributed by atoms with Crippen LogP contribution < -0.4 is 21.3 Å². The van der Waals surface area contributed by atoms with E-state index in [1.165, 1.54) is 16.4 Å². The van der Waals surface area contributed by atoms with Crippen molar-refractivity contribution < 1.29 is 14.3 Å². The monoisotopic (exact) mass is 484 g/mol. The minimum absolute atomic E-state index is 0.155. The first-order chi connectivity index (χ1) is 16.2. The van der Waals surface area contributed by atoms with Crippen molar-refractivity contribution in [3.8, 4) is 0 Å². The van der Waals surface area contributed by atoms with Gasteiger partial charge >= 0.3 is 6.09 Å². The van der Waals surface area contributed by atoms with Gasteiger partial charge in [0.1, 0.15) is 17.8 Å². The number of alkyl carbamates (subject to hydrolysis) is 1. The van der Waals surface area contributed by atoms with E-state index >= 15 is 0 Å². The maximum absolute atomic E-state index is 11.8. The minimum Gasteiger partial charge on any atom is -0.444 e. The van der Waals surface area contributed by atoms with Crippen LogP contribution in [-0.2, 0) is 22.6 Å². The largest absolute Gasteiger partial charge is 0.444 e. The Labute approximate surface area is 205 Å². The standard InChI is InChI=1S/C15H21N3O3S.C9H11N3/c1-15(2,3)21-14(20)17-9-13(19)18-12-6-4-5-11(7-12)8-16-10-22;1-10-6-7-2-4-11-9-8(7)3-5-12-9/h4-7,10H,8-9H2,1-3H3,(H,16,22)(H,17,20)(H,18,19);2-5,10H,6H2,1H3,(H,11,12). The molecule has 1 aromatic carbocycles. The number of ether oxygens (including phenoxy) is 1. The number of benzene rings is 1. The summed E-state index contributed by atoms with van der Waals surface area (Å²) in [7, 11) is 1.94. The summed E-state index contributed by atoms with van der Waals surface area (Å²) >= 11 is 4.69. The summed E-state index contributed by atoms with van der Waals surface area (Å²) in [5, 5.41) is 12.3. The molecular formula is C24H32N6O3S. The second-order valence-corrected chi connectivity index (χ2v) is 8.58. The Morgan fingerprint density at radius 3 is 2.68 bits per heavy atom. The highest BCUT2D eigenvalue weighted by Crippen LogP contribution is 2.14. The van der Waals surface area contributed by atoms with E-state index in [1.807, 2.05) is 43.7 Å². The number of amides is 2. The van der Waals surface area contributed by atoms with Crippen molar-refractivity contribution in [2.75, 3.05) is 18.9 Å². The van der Waals surface area contributed by atoms with Gasteiger partial charge in [0.15, 0.2) is 0 Å². The van der Waals surface area contributed by atoms with E-state index in [4.69, 9.17) is 17.0 Å². The first-order valence-electron chi connectivity index (χ1n) is 10.8. The molecule has 0 saturated heterocycles. The predicted molar refractivity (Wildman–Crippen MR) is 139 cm³/mol. The molecule has 3 rings (SSSR count). The number of hydrogen-bond donors (Lipinski definition) is 5. The maximum atomic E-state index is 11.8. The van der Waals surface area contributed by atoms with E-state index < -0.39 is 11.7 Å². The molecule has 0 saturated carbocycles. The molecule has 0 aliphatic carbocycles. The van der Waals surface area contributed by atoms with Gasteiger partial charge < -0.3 is 31.0 Å². The van der Waals surface area contributed by atoms with Crippen LogP contribution in [0.1, 0.15) is 31.9 Å². The number of H-pyrrole nitrogens is 1. The molecule has 9 nitrogen and oxygen atoms in total. The summed E-state index contributed by atoms with van der Waals surface area (Å²) in [5.41, 5.74) is 4.73. The fourth-order valence-corrected chi connectivity index (χ4v) is 3.04. The number of aromatic amines is 1. The fourth-order valence-electron chi connectivity index (χ4n) is 2.95. The number of fused-ring (bicyclic) bond motifs is 1. The van der Waals surface area contributed by atoms with Crippen LogP contribution in [0, 0.1) is 0 Å². The highest BCUT2D eigenvalue weighted by atomic mass is 32.1. The van der Waals surface area contributed by atoms with Crippen LogP contribution in [-0.4, -0.2) is 46.7 Å². The number of thiocarbonyl (C=S) groups is 1. The second kappa shape index (κ2) is 13.3. The first kappa shape index (κ1) is 26.7. The van der Waals surface area contributed by atoms with Gasteiger partial charge in [-0.1, -0.05) is 24.4 Å².